The summed E-state index contributed by atoms with van der Waals surface area (Å²) in [5.74, 6) is -0.768. The number of rotatable bonds is 5. The molecular formula is C29H26N2O3. The highest BCUT2D eigenvalue weighted by molar-refractivity contribution is 6.04. The van der Waals surface area contributed by atoms with E-state index in [0.717, 1.165) is 22.4 Å². The highest BCUT2D eigenvalue weighted by Crippen LogP contribution is 2.45. The molecule has 1 N–H and O–H groups in total. The van der Waals surface area contributed by atoms with Crippen molar-refractivity contribution in [2.24, 2.45) is 0 Å². The number of nitrogens with one attached hydrogen (secondary N) is 1. The van der Waals surface area contributed by atoms with Crippen LogP contribution >= 0.6 is 0 Å². The molecule has 0 saturated carbocycles. The van der Waals surface area contributed by atoms with Gasteiger partial charge in [0.1, 0.15) is 6.61 Å². The highest BCUT2D eigenvalue weighted by Gasteiger charge is 2.41. The summed E-state index contributed by atoms with van der Waals surface area (Å²) in [4.78, 5) is 31.2. The number of benzene rings is 2. The molecule has 2 heterocycles. The van der Waals surface area contributed by atoms with Gasteiger partial charge in [-0.25, -0.2) is 4.79 Å². The number of hydrogen-bond donors (Lipinski definition) is 1. The van der Waals surface area contributed by atoms with Crippen LogP contribution in [0.1, 0.15) is 48.3 Å². The molecule has 5 heteroatoms. The topological polar surface area (TPSA) is 68.3 Å². The van der Waals surface area contributed by atoms with Gasteiger partial charge in [0.15, 0.2) is 5.78 Å². The first kappa shape index (κ1) is 21.8. The Labute approximate surface area is 199 Å². The number of aromatic nitrogens is 1. The molecule has 1 aliphatic heterocycles. The Morgan fingerprint density at radius 1 is 0.971 bits per heavy atom. The van der Waals surface area contributed by atoms with Gasteiger partial charge in [-0.2, -0.15) is 0 Å². The van der Waals surface area contributed by atoms with Crippen LogP contribution in [0.15, 0.2) is 108 Å². The van der Waals surface area contributed by atoms with E-state index in [1.165, 1.54) is 0 Å². The molecule has 170 valence electrons. The first-order valence-corrected chi connectivity index (χ1v) is 11.5. The minimum atomic E-state index is -0.502. The first-order valence-electron chi connectivity index (χ1n) is 11.5. The summed E-state index contributed by atoms with van der Waals surface area (Å²) < 4.78 is 5.70. The molecule has 2 atom stereocenters. The van der Waals surface area contributed by atoms with Gasteiger partial charge in [-0.3, -0.25) is 9.78 Å². The van der Waals surface area contributed by atoms with E-state index >= 15 is 0 Å². The van der Waals surface area contributed by atoms with Gasteiger partial charge in [0.05, 0.1) is 5.57 Å². The minimum absolute atomic E-state index is 0.0531. The fraction of sp³-hybridized carbons (Fsp3) is 0.207. The molecule has 0 saturated heterocycles. The fourth-order valence-corrected chi connectivity index (χ4v) is 4.95. The second kappa shape index (κ2) is 9.48. The molecule has 0 spiro atoms. The Bertz CT molecular complexity index is 1260. The van der Waals surface area contributed by atoms with Gasteiger partial charge in [-0.1, -0.05) is 66.7 Å². The van der Waals surface area contributed by atoms with E-state index in [2.05, 4.69) is 22.4 Å². The average molecular weight is 451 g/mol. The Balaban J connectivity index is 1.50. The Morgan fingerprint density at radius 3 is 2.38 bits per heavy atom. The van der Waals surface area contributed by atoms with Crippen molar-refractivity contribution in [1.82, 2.24) is 10.3 Å². The van der Waals surface area contributed by atoms with E-state index in [0.29, 0.717) is 29.7 Å². The first-order chi connectivity index (χ1) is 16.6. The molecule has 2 aromatic carbocycles. The zero-order chi connectivity index (χ0) is 23.5. The number of hydrogen-bond acceptors (Lipinski definition) is 5. The van der Waals surface area contributed by atoms with Crippen molar-refractivity contribution in [3.8, 4) is 0 Å². The largest absolute Gasteiger partial charge is 0.457 e. The van der Waals surface area contributed by atoms with Gasteiger partial charge in [-0.05, 0) is 42.0 Å². The number of pyridine rings is 1. The van der Waals surface area contributed by atoms with Crippen molar-refractivity contribution in [1.29, 1.82) is 0 Å². The second-order valence-electron chi connectivity index (χ2n) is 8.78. The number of carbonyl (C=O) groups is 2. The number of ether oxygens (including phenoxy) is 1. The number of dihydropyridines is 1. The van der Waals surface area contributed by atoms with E-state index in [1.807, 2.05) is 67.6 Å². The van der Waals surface area contributed by atoms with Crippen LogP contribution in [-0.4, -0.2) is 16.7 Å². The van der Waals surface area contributed by atoms with Crippen LogP contribution in [0.3, 0.4) is 0 Å². The maximum atomic E-state index is 13.6. The summed E-state index contributed by atoms with van der Waals surface area (Å²) in [6.45, 7) is 2.05. The van der Waals surface area contributed by atoms with Gasteiger partial charge in [0, 0.05) is 41.7 Å². The molecule has 5 nitrogen and oxygen atoms in total. The highest BCUT2D eigenvalue weighted by atomic mass is 16.5. The van der Waals surface area contributed by atoms with Crippen molar-refractivity contribution in [3.63, 3.8) is 0 Å². The number of Topliss-reactive ketones (excluding diaryl/α,β-unsaturated/α-hetero) is 1. The Hall–Kier alpha value is -3.99. The summed E-state index contributed by atoms with van der Waals surface area (Å²) >= 11 is 0. The van der Waals surface area contributed by atoms with Crippen molar-refractivity contribution < 1.29 is 14.3 Å². The summed E-state index contributed by atoms with van der Waals surface area (Å²) in [6.07, 6.45) is 4.55. The maximum absolute atomic E-state index is 13.6. The number of carbonyl (C=O) groups excluding carboxylic acids is 2. The SMILES string of the molecule is CC1=C(C(=O)OCc2ccccc2)[C@@H](c2cccnc2)C2=C(C[C@@H](c3ccccc3)CC2=O)N1. The third-order valence-electron chi connectivity index (χ3n) is 6.55. The third-order valence-corrected chi connectivity index (χ3v) is 6.55. The summed E-state index contributed by atoms with van der Waals surface area (Å²) in [7, 11) is 0. The van der Waals surface area contributed by atoms with Crippen LogP contribution in [-0.2, 0) is 20.9 Å². The van der Waals surface area contributed by atoms with Crippen molar-refractivity contribution in [3.05, 3.63) is 124 Å². The summed E-state index contributed by atoms with van der Waals surface area (Å²) in [5, 5.41) is 3.39. The zero-order valence-electron chi connectivity index (χ0n) is 19.0. The molecule has 0 radical (unpaired) electrons. The average Bonchev–Trinajstić information content (AvgIpc) is 2.88. The molecule has 0 bridgehead atoms. The molecule has 1 aliphatic carbocycles. The summed E-state index contributed by atoms with van der Waals surface area (Å²) in [6, 6.07) is 23.5. The van der Waals surface area contributed by atoms with Crippen molar-refractivity contribution >= 4 is 11.8 Å². The second-order valence-corrected chi connectivity index (χ2v) is 8.78. The van der Waals surface area contributed by atoms with E-state index in [1.54, 1.807) is 12.4 Å². The summed E-state index contributed by atoms with van der Waals surface area (Å²) in [5.41, 5.74) is 5.59. The van der Waals surface area contributed by atoms with Gasteiger partial charge >= 0.3 is 5.97 Å². The van der Waals surface area contributed by atoms with Crippen molar-refractivity contribution in [2.45, 2.75) is 38.2 Å². The van der Waals surface area contributed by atoms with Gasteiger partial charge in [-0.15, -0.1) is 0 Å². The predicted octanol–water partition coefficient (Wildman–Crippen LogP) is 5.19. The molecule has 0 amide bonds. The van der Waals surface area contributed by atoms with Crippen LogP contribution in [0.2, 0.25) is 0 Å². The lowest BCUT2D eigenvalue weighted by Crippen LogP contribution is -2.36. The van der Waals surface area contributed by atoms with Crippen LogP contribution in [0.5, 0.6) is 0 Å². The molecule has 0 unspecified atom stereocenters. The van der Waals surface area contributed by atoms with E-state index in [4.69, 9.17) is 4.74 Å². The molecule has 34 heavy (non-hydrogen) atoms. The zero-order valence-corrected chi connectivity index (χ0v) is 19.0. The Morgan fingerprint density at radius 2 is 1.68 bits per heavy atom. The number of nitrogens with zero attached hydrogens (tertiary/aromatic N) is 1. The standard InChI is InChI=1S/C29H26N2O3/c1-19-26(29(33)34-18-20-9-4-2-5-10-20)27(22-13-8-14-30-17-22)28-24(31-19)15-23(16-25(28)32)21-11-6-3-7-12-21/h2-14,17,23,27,31H,15-16,18H2,1H3/t23-,27-/m1/s1. The number of esters is 1. The van der Waals surface area contributed by atoms with Gasteiger partial charge in [0.25, 0.3) is 0 Å². The van der Waals surface area contributed by atoms with E-state index in [9.17, 15) is 9.59 Å². The van der Waals surface area contributed by atoms with Crippen LogP contribution in [0.4, 0.5) is 0 Å². The Kier molecular flexibility index (Phi) is 6.09. The molecule has 3 aromatic rings. The maximum Gasteiger partial charge on any atom is 0.337 e. The lowest BCUT2D eigenvalue weighted by atomic mass is 9.72. The van der Waals surface area contributed by atoms with Crippen LogP contribution in [0, 0.1) is 0 Å². The predicted molar refractivity (Wildman–Crippen MR) is 130 cm³/mol. The van der Waals surface area contributed by atoms with Crippen LogP contribution < -0.4 is 5.32 Å². The van der Waals surface area contributed by atoms with Crippen LogP contribution in [0.25, 0.3) is 0 Å². The normalized spacial score (nSPS) is 20.0. The lowest BCUT2D eigenvalue weighted by Gasteiger charge is -2.36. The van der Waals surface area contributed by atoms with Gasteiger partial charge < -0.3 is 10.1 Å². The molecule has 1 aromatic heterocycles. The lowest BCUT2D eigenvalue weighted by molar-refractivity contribution is -0.140. The van der Waals surface area contributed by atoms with E-state index < -0.39 is 11.9 Å². The van der Waals surface area contributed by atoms with Gasteiger partial charge in [0.2, 0.25) is 0 Å². The fourth-order valence-electron chi connectivity index (χ4n) is 4.95. The number of allylic oxidation sites excluding steroid dienone is 3. The molecular weight excluding hydrogens is 424 g/mol. The quantitative estimate of drug-likeness (QED) is 0.542. The van der Waals surface area contributed by atoms with Crippen molar-refractivity contribution in [2.75, 3.05) is 0 Å². The minimum Gasteiger partial charge on any atom is -0.457 e. The monoisotopic (exact) mass is 450 g/mol. The van der Waals surface area contributed by atoms with E-state index in [-0.39, 0.29) is 18.3 Å². The third kappa shape index (κ3) is 4.29. The molecule has 0 fully saturated rings. The molecule has 2 aliphatic rings. The smallest absolute Gasteiger partial charge is 0.337 e. The number of ketones is 1. The molecule has 5 rings (SSSR count).